The number of rotatable bonds is 6. The Bertz CT molecular complexity index is 1320. The minimum Gasteiger partial charge on any atom is -0.497 e. The number of nitrogens with one attached hydrogen (secondary N) is 1. The molecule has 7 rings (SSSR count). The zero-order chi connectivity index (χ0) is 28.7. The molecule has 2 aromatic carbocycles. The highest BCUT2D eigenvalue weighted by molar-refractivity contribution is 6.02. The van der Waals surface area contributed by atoms with E-state index in [1.165, 1.54) is 39.2 Å². The van der Waals surface area contributed by atoms with Gasteiger partial charge >= 0.3 is 5.97 Å². The SMILES string of the molecule is COC(=O)[C@@H]1[C@H]2c3ccccc3N[C@@H](C3CCCCCCC3)[C@]23N=C(Cc2ccc(OC)cc2)[C@]1(N1CCOCC1)O3. The molecule has 1 N–H and O–H groups in total. The van der Waals surface area contributed by atoms with Gasteiger partial charge in [0, 0.05) is 25.2 Å². The summed E-state index contributed by atoms with van der Waals surface area (Å²) in [5.74, 6) is 0.176. The third-order valence-corrected chi connectivity index (χ3v) is 10.4. The van der Waals surface area contributed by atoms with Crippen LogP contribution in [0.4, 0.5) is 5.69 Å². The average Bonchev–Trinajstić information content (AvgIpc) is 3.51. The molecule has 8 nitrogen and oxygen atoms in total. The number of hydrogen-bond acceptors (Lipinski definition) is 8. The molecule has 42 heavy (non-hydrogen) atoms. The van der Waals surface area contributed by atoms with E-state index in [0.29, 0.717) is 38.6 Å². The van der Waals surface area contributed by atoms with E-state index in [9.17, 15) is 4.79 Å². The van der Waals surface area contributed by atoms with Gasteiger partial charge in [-0.15, -0.1) is 0 Å². The Morgan fingerprint density at radius 1 is 1.00 bits per heavy atom. The highest BCUT2D eigenvalue weighted by atomic mass is 16.6. The number of esters is 1. The number of aliphatic imine (C=N–C) groups is 1. The lowest BCUT2D eigenvalue weighted by Crippen LogP contribution is -2.63. The second kappa shape index (κ2) is 11.3. The van der Waals surface area contributed by atoms with Crippen LogP contribution in [-0.4, -0.2) is 74.6 Å². The lowest BCUT2D eigenvalue weighted by atomic mass is 9.65. The van der Waals surface area contributed by atoms with Crippen LogP contribution in [0.25, 0.3) is 0 Å². The number of benzene rings is 2. The summed E-state index contributed by atoms with van der Waals surface area (Å²) in [6, 6.07) is 16.5. The van der Waals surface area contributed by atoms with Crippen molar-refractivity contribution in [3.63, 3.8) is 0 Å². The summed E-state index contributed by atoms with van der Waals surface area (Å²) >= 11 is 0. The molecule has 5 atom stereocenters. The molecule has 0 radical (unpaired) electrons. The van der Waals surface area contributed by atoms with Crippen molar-refractivity contribution >= 4 is 17.4 Å². The van der Waals surface area contributed by atoms with Crippen LogP contribution in [0.15, 0.2) is 53.5 Å². The molecule has 1 aliphatic carbocycles. The fraction of sp³-hybridized carbons (Fsp3) is 0.588. The number of carbonyl (C=O) groups excluding carboxylic acids is 1. The molecule has 4 heterocycles. The minimum absolute atomic E-state index is 0.0426. The summed E-state index contributed by atoms with van der Waals surface area (Å²) in [4.78, 5) is 22.1. The van der Waals surface area contributed by atoms with Crippen molar-refractivity contribution in [1.29, 1.82) is 0 Å². The molecule has 224 valence electrons. The number of hydrogen-bond donors (Lipinski definition) is 1. The van der Waals surface area contributed by atoms with Crippen molar-refractivity contribution < 1.29 is 23.7 Å². The van der Waals surface area contributed by atoms with Gasteiger partial charge in [-0.1, -0.05) is 62.4 Å². The van der Waals surface area contributed by atoms with E-state index >= 15 is 0 Å². The maximum atomic E-state index is 14.1. The Hall–Kier alpha value is -2.94. The van der Waals surface area contributed by atoms with Crippen LogP contribution in [0, 0.1) is 11.8 Å². The van der Waals surface area contributed by atoms with Gasteiger partial charge in [0.15, 0.2) is 11.4 Å². The molecule has 4 aliphatic heterocycles. The van der Waals surface area contributed by atoms with Crippen LogP contribution < -0.4 is 10.1 Å². The fourth-order valence-electron chi connectivity index (χ4n) is 8.50. The van der Waals surface area contributed by atoms with E-state index in [4.69, 9.17) is 23.9 Å². The van der Waals surface area contributed by atoms with E-state index < -0.39 is 17.4 Å². The Balaban J connectivity index is 1.41. The van der Waals surface area contributed by atoms with Crippen molar-refractivity contribution in [3.8, 4) is 5.75 Å². The van der Waals surface area contributed by atoms with Crippen LogP contribution in [-0.2, 0) is 25.4 Å². The lowest BCUT2D eigenvalue weighted by molar-refractivity contribution is -0.177. The molecule has 0 aromatic heterocycles. The minimum atomic E-state index is -1.01. The molecule has 2 aromatic rings. The number of morpholine rings is 1. The van der Waals surface area contributed by atoms with E-state index in [0.717, 1.165) is 41.1 Å². The second-order valence-electron chi connectivity index (χ2n) is 12.5. The van der Waals surface area contributed by atoms with Crippen LogP contribution in [0.5, 0.6) is 5.75 Å². The van der Waals surface area contributed by atoms with Crippen LogP contribution >= 0.6 is 0 Å². The predicted molar refractivity (Wildman–Crippen MR) is 161 cm³/mol. The molecule has 3 fully saturated rings. The highest BCUT2D eigenvalue weighted by Crippen LogP contribution is 2.65. The first-order valence-electron chi connectivity index (χ1n) is 15.8. The van der Waals surface area contributed by atoms with Crippen LogP contribution in [0.3, 0.4) is 0 Å². The second-order valence-corrected chi connectivity index (χ2v) is 12.5. The number of carbonyl (C=O) groups is 1. The average molecular weight is 574 g/mol. The van der Waals surface area contributed by atoms with Crippen molar-refractivity contribution in [3.05, 3.63) is 59.7 Å². The Kier molecular flexibility index (Phi) is 7.49. The van der Waals surface area contributed by atoms with Gasteiger partial charge in [0.25, 0.3) is 0 Å². The van der Waals surface area contributed by atoms with Crippen LogP contribution in [0.2, 0.25) is 0 Å². The Labute approximate surface area is 248 Å². The zero-order valence-electron chi connectivity index (χ0n) is 24.8. The monoisotopic (exact) mass is 573 g/mol. The quantitative estimate of drug-likeness (QED) is 0.477. The van der Waals surface area contributed by atoms with Crippen molar-refractivity contribution in [2.24, 2.45) is 16.8 Å². The van der Waals surface area contributed by atoms with Crippen molar-refractivity contribution in [1.82, 2.24) is 4.90 Å². The Morgan fingerprint density at radius 2 is 1.71 bits per heavy atom. The first-order chi connectivity index (χ1) is 20.6. The predicted octanol–water partition coefficient (Wildman–Crippen LogP) is 5.17. The van der Waals surface area contributed by atoms with Crippen molar-refractivity contribution in [2.75, 3.05) is 45.8 Å². The number of methoxy groups -OCH3 is 2. The van der Waals surface area contributed by atoms with E-state index in [-0.39, 0.29) is 17.9 Å². The van der Waals surface area contributed by atoms with Gasteiger partial charge in [0.1, 0.15) is 11.7 Å². The number of nitrogens with zero attached hydrogens (tertiary/aromatic N) is 2. The molecule has 8 heteroatoms. The molecule has 2 saturated heterocycles. The van der Waals surface area contributed by atoms with Gasteiger partial charge < -0.3 is 24.3 Å². The largest absolute Gasteiger partial charge is 0.497 e. The summed E-state index contributed by atoms with van der Waals surface area (Å²) in [5, 5.41) is 3.96. The molecule has 1 spiro atoms. The molecule has 2 bridgehead atoms. The third kappa shape index (κ3) is 4.37. The van der Waals surface area contributed by atoms with E-state index in [2.05, 4.69) is 46.6 Å². The van der Waals surface area contributed by atoms with Gasteiger partial charge in [-0.2, -0.15) is 0 Å². The number of para-hydroxylation sites is 1. The molecule has 0 unspecified atom stereocenters. The fourth-order valence-corrected chi connectivity index (χ4v) is 8.50. The molecular weight excluding hydrogens is 530 g/mol. The Morgan fingerprint density at radius 3 is 2.43 bits per heavy atom. The first-order valence-corrected chi connectivity index (χ1v) is 15.8. The van der Waals surface area contributed by atoms with E-state index in [1.54, 1.807) is 7.11 Å². The molecule has 0 amide bonds. The third-order valence-electron chi connectivity index (χ3n) is 10.4. The smallest absolute Gasteiger partial charge is 0.314 e. The highest BCUT2D eigenvalue weighted by Gasteiger charge is 2.77. The van der Waals surface area contributed by atoms with Gasteiger partial charge in [-0.25, -0.2) is 0 Å². The summed E-state index contributed by atoms with van der Waals surface area (Å²) < 4.78 is 24.4. The molecule has 1 saturated carbocycles. The number of ether oxygens (including phenoxy) is 4. The summed E-state index contributed by atoms with van der Waals surface area (Å²) in [7, 11) is 3.19. The normalized spacial score (nSPS) is 33.0. The summed E-state index contributed by atoms with van der Waals surface area (Å²) in [6.45, 7) is 2.52. The molecular formula is C34H43N3O5. The standard InChI is InChI=1S/C34H43N3O5/c1-39-25-16-14-23(15-17-25)22-28-34(37-18-20-41-21-19-37)30(32(38)40-2)29-26-12-8-9-13-27(26)35-31(33(29,36-28)42-34)24-10-6-4-3-5-7-11-24/h8-9,12-17,24,29-31,35H,3-7,10-11,18-22H2,1-2H3/t29-,30+,31+,33+,34+/m1/s1. The van der Waals surface area contributed by atoms with Gasteiger partial charge in [-0.3, -0.25) is 14.7 Å². The van der Waals surface area contributed by atoms with Gasteiger partial charge in [-0.05, 0) is 48.1 Å². The van der Waals surface area contributed by atoms with Gasteiger partial charge in [0.2, 0.25) is 0 Å². The number of anilines is 1. The van der Waals surface area contributed by atoms with E-state index in [1.807, 2.05) is 12.1 Å². The number of fused-ring (bicyclic) bond motifs is 3. The topological polar surface area (TPSA) is 81.6 Å². The maximum Gasteiger partial charge on any atom is 0.314 e. The summed E-state index contributed by atoms with van der Waals surface area (Å²) in [6.07, 6.45) is 9.13. The zero-order valence-corrected chi connectivity index (χ0v) is 24.8. The maximum absolute atomic E-state index is 14.1. The molecule has 5 aliphatic rings. The first kappa shape index (κ1) is 27.9. The lowest BCUT2D eigenvalue weighted by Gasteiger charge is -2.48. The van der Waals surface area contributed by atoms with Crippen LogP contribution in [0.1, 0.15) is 62.0 Å². The van der Waals surface area contributed by atoms with Crippen molar-refractivity contribution in [2.45, 2.75) is 74.8 Å². The summed E-state index contributed by atoms with van der Waals surface area (Å²) in [5.41, 5.74) is 2.30. The van der Waals surface area contributed by atoms with Gasteiger partial charge in [0.05, 0.1) is 45.1 Å².